The molecule has 11 rings (SSSR count). The van der Waals surface area contributed by atoms with Crippen molar-refractivity contribution in [1.29, 1.82) is 0 Å². The Balaban J connectivity index is 0.755. The lowest BCUT2D eigenvalue weighted by molar-refractivity contribution is -0.337. The number of ether oxygens (including phenoxy) is 19. The largest absolute Gasteiger partial charge is 0.509 e. The highest BCUT2D eigenvalue weighted by molar-refractivity contribution is 5.64. The van der Waals surface area contributed by atoms with Gasteiger partial charge in [-0.1, -0.05) is 60.7 Å². The summed E-state index contributed by atoms with van der Waals surface area (Å²) < 4.78 is 109. The number of rotatable bonds is 19. The molecule has 9 aliphatic rings. The van der Waals surface area contributed by atoms with Gasteiger partial charge < -0.3 is 116 Å². The second kappa shape index (κ2) is 22.8. The van der Waals surface area contributed by atoms with Crippen LogP contribution < -0.4 is 0 Å². The van der Waals surface area contributed by atoms with Gasteiger partial charge in [-0.3, -0.25) is 0 Å². The fraction of sp³-hybridized carbons (Fsp3) is 0.625. The van der Waals surface area contributed by atoms with Gasteiger partial charge in [0, 0.05) is 0 Å². The summed E-state index contributed by atoms with van der Waals surface area (Å²) in [5.74, 6) is 0. The lowest BCUT2D eigenvalue weighted by atomic mass is 9.97. The van der Waals surface area contributed by atoms with E-state index in [1.807, 2.05) is 60.7 Å². The summed E-state index contributed by atoms with van der Waals surface area (Å²) in [7, 11) is 0. The second-order valence-corrected chi connectivity index (χ2v) is 18.8. The smallest absolute Gasteiger partial charge is 0.493 e. The minimum Gasteiger partial charge on any atom is -0.493 e. The quantitative estimate of drug-likeness (QED) is 0.0840. The van der Waals surface area contributed by atoms with Crippen molar-refractivity contribution in [3.05, 3.63) is 84.1 Å². The Morgan fingerprint density at radius 2 is 0.803 bits per heavy atom. The maximum absolute atomic E-state index is 12.6. The molecular weight excluding hydrogens is 1020 g/mol. The molecule has 0 bridgehead atoms. The number of hydrogen-bond donors (Lipinski definition) is 5. The van der Waals surface area contributed by atoms with Crippen LogP contribution in [0.3, 0.4) is 0 Å². The van der Waals surface area contributed by atoms with Gasteiger partial charge in [-0.15, -0.1) is 0 Å². The molecular formula is C48H54O28. The van der Waals surface area contributed by atoms with Crippen LogP contribution in [-0.2, 0) is 103 Å². The normalized spacial score (nSPS) is 42.0. The zero-order valence-electron chi connectivity index (χ0n) is 39.8. The summed E-state index contributed by atoms with van der Waals surface area (Å²) in [5.41, 5.74) is 1.78. The van der Waals surface area contributed by atoms with Crippen molar-refractivity contribution in [2.75, 3.05) is 33.0 Å². The maximum Gasteiger partial charge on any atom is 0.509 e. The molecule has 414 valence electrons. The summed E-state index contributed by atoms with van der Waals surface area (Å²) >= 11 is 0. The van der Waals surface area contributed by atoms with Gasteiger partial charge >= 0.3 is 24.6 Å². The topological polar surface area (TPSA) is 345 Å². The van der Waals surface area contributed by atoms with E-state index in [1.54, 1.807) is 6.08 Å². The number of aliphatic hydroxyl groups is 5. The van der Waals surface area contributed by atoms with Crippen LogP contribution in [0.25, 0.3) is 0 Å². The Kier molecular flexibility index (Phi) is 15.8. The highest BCUT2D eigenvalue weighted by Crippen LogP contribution is 2.39. The first-order valence-corrected chi connectivity index (χ1v) is 24.4. The molecule has 23 atom stereocenters. The van der Waals surface area contributed by atoms with E-state index in [-0.39, 0.29) is 19.8 Å². The fourth-order valence-corrected chi connectivity index (χ4v) is 10.2. The maximum atomic E-state index is 12.6. The first-order chi connectivity index (χ1) is 36.9. The summed E-state index contributed by atoms with van der Waals surface area (Å²) in [6.45, 7) is -1.80. The number of fused-ring (bicyclic) bond motifs is 4. The summed E-state index contributed by atoms with van der Waals surface area (Å²) in [5, 5.41) is 55.1. The lowest BCUT2D eigenvalue weighted by Crippen LogP contribution is -2.62. The molecule has 23 unspecified atom stereocenters. The molecule has 0 saturated carbocycles. The van der Waals surface area contributed by atoms with Crippen molar-refractivity contribution in [3.8, 4) is 0 Å². The Hall–Kier alpha value is -5.54. The lowest BCUT2D eigenvalue weighted by Gasteiger charge is -2.44. The van der Waals surface area contributed by atoms with Crippen LogP contribution in [-0.4, -0.2) is 224 Å². The van der Waals surface area contributed by atoms with Gasteiger partial charge in [-0.25, -0.2) is 19.2 Å². The van der Waals surface area contributed by atoms with E-state index in [0.29, 0.717) is 0 Å². The molecule has 8 saturated heterocycles. The summed E-state index contributed by atoms with van der Waals surface area (Å²) in [6.07, 6.45) is -32.3. The minimum atomic E-state index is -1.70. The number of aliphatic hydroxyl groups excluding tert-OH is 5. The van der Waals surface area contributed by atoms with Gasteiger partial charge in [-0.05, 0) is 17.2 Å². The Morgan fingerprint density at radius 1 is 0.421 bits per heavy atom. The molecule has 9 aliphatic heterocycles. The van der Waals surface area contributed by atoms with Crippen LogP contribution in [0.4, 0.5) is 19.2 Å². The Labute approximate surface area is 430 Å². The average molecular weight is 1080 g/mol. The number of benzene rings is 2. The minimum absolute atomic E-state index is 0.0160. The first-order valence-electron chi connectivity index (χ1n) is 24.4. The van der Waals surface area contributed by atoms with Gasteiger partial charge in [-0.2, -0.15) is 0 Å². The van der Waals surface area contributed by atoms with Gasteiger partial charge in [0.1, 0.15) is 61.0 Å². The average Bonchev–Trinajstić information content (AvgIpc) is 4.24. The predicted octanol–water partition coefficient (Wildman–Crippen LogP) is -0.912. The standard InChI is InChI=1S/C48H54O28/c49-13-23-33-37(73-45(54)69-33)28(50)41(64-23)61-17-25-34-38(74-46(55)70-34)29(51)42(65-25)62-18-26-35-39(75-47(56)71-35)30(52)43(66-26)63-19-27-36-40(76-48(57)72-36)31(53)44(67-27)68-32-22(60-15-21-9-5-2-6-10-21)11-12-59-24(32)16-58-14-20-7-3-1-4-8-20/h1-12,22-44,49-53H,13-19H2. The zero-order chi connectivity index (χ0) is 52.6. The first kappa shape index (κ1) is 52.5. The molecule has 76 heavy (non-hydrogen) atoms. The van der Waals surface area contributed by atoms with E-state index in [9.17, 15) is 44.7 Å². The third-order valence-corrected chi connectivity index (χ3v) is 14.0. The zero-order valence-corrected chi connectivity index (χ0v) is 39.8. The van der Waals surface area contributed by atoms with Gasteiger partial charge in [0.2, 0.25) is 0 Å². The molecule has 8 fully saturated rings. The highest BCUT2D eigenvalue weighted by atomic mass is 16.8. The van der Waals surface area contributed by atoms with Crippen molar-refractivity contribution in [2.24, 2.45) is 0 Å². The molecule has 2 aromatic carbocycles. The summed E-state index contributed by atoms with van der Waals surface area (Å²) in [6, 6.07) is 18.9. The van der Waals surface area contributed by atoms with Crippen molar-refractivity contribution >= 4 is 24.6 Å². The molecule has 0 aromatic heterocycles. The third kappa shape index (κ3) is 11.0. The van der Waals surface area contributed by atoms with E-state index in [1.165, 1.54) is 6.26 Å². The van der Waals surface area contributed by atoms with Gasteiger partial charge in [0.15, 0.2) is 80.1 Å². The van der Waals surface area contributed by atoms with Crippen LogP contribution in [0.1, 0.15) is 11.1 Å². The van der Waals surface area contributed by atoms with E-state index in [2.05, 4.69) is 0 Å². The van der Waals surface area contributed by atoms with Crippen LogP contribution in [0.15, 0.2) is 73.0 Å². The molecule has 0 aliphatic carbocycles. The monoisotopic (exact) mass is 1080 g/mol. The Morgan fingerprint density at radius 3 is 1.25 bits per heavy atom. The summed E-state index contributed by atoms with van der Waals surface area (Å²) in [4.78, 5) is 49.3. The van der Waals surface area contributed by atoms with Crippen molar-refractivity contribution in [3.63, 3.8) is 0 Å². The molecule has 9 heterocycles. The highest BCUT2D eigenvalue weighted by Gasteiger charge is 2.60. The molecule has 5 N–H and O–H groups in total. The second-order valence-electron chi connectivity index (χ2n) is 18.8. The fourth-order valence-electron chi connectivity index (χ4n) is 10.2. The number of hydrogen-bond acceptors (Lipinski definition) is 28. The van der Waals surface area contributed by atoms with Crippen molar-refractivity contribution in [1.82, 2.24) is 0 Å². The molecule has 0 radical (unpaired) electrons. The molecule has 28 heteroatoms. The number of carbonyl (C=O) groups is 4. The van der Waals surface area contributed by atoms with Gasteiger partial charge in [0.05, 0.1) is 52.5 Å². The van der Waals surface area contributed by atoms with Crippen LogP contribution in [0, 0.1) is 0 Å². The SMILES string of the molecule is O=C1OC2C(CO)OC(OCC3OC(OCC4OC(OCC5OC(OC6C(OCc7ccccc7)C=COC6COCc6ccccc6)C(O)C6OC(=O)OC56)C(O)C5OC(=O)OC45)C(O)C4OC(=O)OC34)C(O)C2O1. The van der Waals surface area contributed by atoms with Crippen molar-refractivity contribution < 1.29 is 135 Å². The van der Waals surface area contributed by atoms with E-state index in [0.717, 1.165) is 11.1 Å². The van der Waals surface area contributed by atoms with E-state index >= 15 is 0 Å². The van der Waals surface area contributed by atoms with Crippen molar-refractivity contribution in [2.45, 2.75) is 154 Å². The number of carbonyl (C=O) groups excluding carboxylic acids is 4. The molecule has 0 amide bonds. The van der Waals surface area contributed by atoms with Gasteiger partial charge in [0.25, 0.3) is 0 Å². The Bertz CT molecular complexity index is 2360. The van der Waals surface area contributed by atoms with Crippen LogP contribution >= 0.6 is 0 Å². The molecule has 28 nitrogen and oxygen atoms in total. The van der Waals surface area contributed by atoms with E-state index in [4.69, 9.17) is 90.0 Å². The van der Waals surface area contributed by atoms with Crippen LogP contribution in [0.2, 0.25) is 0 Å². The molecule has 0 spiro atoms. The molecule has 2 aromatic rings. The van der Waals surface area contributed by atoms with Crippen LogP contribution in [0.5, 0.6) is 0 Å². The van der Waals surface area contributed by atoms with E-state index < -0.39 is 192 Å². The third-order valence-electron chi connectivity index (χ3n) is 14.0. The predicted molar refractivity (Wildman–Crippen MR) is 234 cm³/mol.